The van der Waals surface area contributed by atoms with Crippen LogP contribution in [-0.4, -0.2) is 31.9 Å². The number of halogens is 1. The maximum absolute atomic E-state index is 13.2. The molecule has 0 spiro atoms. The Morgan fingerprint density at radius 2 is 2.17 bits per heavy atom. The molecular weight excluding hydrogens is 255 g/mol. The molecule has 1 atom stereocenters. The number of nitrogens with zero attached hydrogens (tertiary/aromatic N) is 1. The van der Waals surface area contributed by atoms with E-state index in [4.69, 9.17) is 5.73 Å². The Labute approximate surface area is 107 Å². The summed E-state index contributed by atoms with van der Waals surface area (Å²) in [5.74, 6) is -0.541. The average molecular weight is 272 g/mol. The van der Waals surface area contributed by atoms with Gasteiger partial charge < -0.3 is 5.73 Å². The van der Waals surface area contributed by atoms with Gasteiger partial charge in [-0.15, -0.1) is 0 Å². The van der Waals surface area contributed by atoms with Gasteiger partial charge in [0, 0.05) is 19.1 Å². The first-order valence-electron chi connectivity index (χ1n) is 5.93. The Morgan fingerprint density at radius 3 is 2.83 bits per heavy atom. The summed E-state index contributed by atoms with van der Waals surface area (Å²) in [6.07, 6.45) is 1.57. The number of hydrogen-bond donors (Lipinski definition) is 1. The van der Waals surface area contributed by atoms with Gasteiger partial charge in [0.25, 0.3) is 0 Å². The number of rotatable bonds is 2. The summed E-state index contributed by atoms with van der Waals surface area (Å²) in [4.78, 5) is 0.0385. The Kier molecular flexibility index (Phi) is 3.70. The number of piperidine rings is 1. The lowest BCUT2D eigenvalue weighted by atomic mass is 10.1. The van der Waals surface area contributed by atoms with Crippen molar-refractivity contribution in [1.82, 2.24) is 4.31 Å². The molecule has 100 valence electrons. The summed E-state index contributed by atoms with van der Waals surface area (Å²) < 4.78 is 39.4. The van der Waals surface area contributed by atoms with Crippen molar-refractivity contribution in [2.45, 2.75) is 30.7 Å². The van der Waals surface area contributed by atoms with Crippen molar-refractivity contribution >= 4 is 10.0 Å². The fraction of sp³-hybridized carbons (Fsp3) is 0.500. The van der Waals surface area contributed by atoms with Crippen LogP contribution >= 0.6 is 0 Å². The van der Waals surface area contributed by atoms with E-state index in [0.29, 0.717) is 18.7 Å². The van der Waals surface area contributed by atoms with Crippen LogP contribution in [0, 0.1) is 12.7 Å². The standard InChI is InChI=1S/C12H17FN2O2S/c1-9-4-5-10(13)7-12(9)18(16,17)15-6-2-3-11(14)8-15/h4-5,7,11H,2-3,6,8,14H2,1H3. The molecule has 0 aromatic heterocycles. The summed E-state index contributed by atoms with van der Waals surface area (Å²) in [6, 6.07) is 3.68. The lowest BCUT2D eigenvalue weighted by molar-refractivity contribution is 0.316. The van der Waals surface area contributed by atoms with Crippen molar-refractivity contribution in [3.05, 3.63) is 29.6 Å². The molecule has 1 fully saturated rings. The third kappa shape index (κ3) is 2.55. The minimum Gasteiger partial charge on any atom is -0.327 e. The predicted molar refractivity (Wildman–Crippen MR) is 67.1 cm³/mol. The molecule has 1 aromatic rings. The average Bonchev–Trinajstić information content (AvgIpc) is 2.32. The zero-order valence-corrected chi connectivity index (χ0v) is 11.1. The smallest absolute Gasteiger partial charge is 0.243 e. The van der Waals surface area contributed by atoms with Gasteiger partial charge in [0.1, 0.15) is 5.82 Å². The van der Waals surface area contributed by atoms with E-state index in [1.54, 1.807) is 6.92 Å². The van der Waals surface area contributed by atoms with Crippen LogP contribution in [0.15, 0.2) is 23.1 Å². The summed E-state index contributed by atoms with van der Waals surface area (Å²) in [5, 5.41) is 0. The van der Waals surface area contributed by atoms with Gasteiger partial charge in [-0.2, -0.15) is 4.31 Å². The molecule has 6 heteroatoms. The Bertz CT molecular complexity index is 545. The van der Waals surface area contributed by atoms with Gasteiger partial charge in [-0.25, -0.2) is 12.8 Å². The third-order valence-corrected chi connectivity index (χ3v) is 5.20. The normalized spacial score (nSPS) is 22.1. The molecule has 4 nitrogen and oxygen atoms in total. The first-order valence-corrected chi connectivity index (χ1v) is 7.37. The van der Waals surface area contributed by atoms with Crippen molar-refractivity contribution < 1.29 is 12.8 Å². The topological polar surface area (TPSA) is 63.4 Å². The molecule has 0 saturated carbocycles. The monoisotopic (exact) mass is 272 g/mol. The fourth-order valence-corrected chi connectivity index (χ4v) is 3.95. The molecule has 1 aliphatic rings. The van der Waals surface area contributed by atoms with E-state index in [-0.39, 0.29) is 10.9 Å². The van der Waals surface area contributed by atoms with Gasteiger partial charge in [0.15, 0.2) is 0 Å². The Morgan fingerprint density at radius 1 is 1.44 bits per heavy atom. The molecule has 1 heterocycles. The number of aryl methyl sites for hydroxylation is 1. The van der Waals surface area contributed by atoms with Gasteiger partial charge in [0.05, 0.1) is 4.90 Å². The summed E-state index contributed by atoms with van der Waals surface area (Å²) in [6.45, 7) is 2.42. The van der Waals surface area contributed by atoms with Gasteiger partial charge in [-0.3, -0.25) is 0 Å². The molecular formula is C12H17FN2O2S. The van der Waals surface area contributed by atoms with E-state index in [0.717, 1.165) is 18.9 Å². The summed E-state index contributed by atoms with van der Waals surface area (Å²) in [7, 11) is -3.63. The van der Waals surface area contributed by atoms with E-state index < -0.39 is 15.8 Å². The van der Waals surface area contributed by atoms with Gasteiger partial charge >= 0.3 is 0 Å². The lowest BCUT2D eigenvalue weighted by Gasteiger charge is -2.30. The molecule has 0 aliphatic carbocycles. The molecule has 0 radical (unpaired) electrons. The molecule has 18 heavy (non-hydrogen) atoms. The molecule has 0 bridgehead atoms. The number of benzene rings is 1. The highest BCUT2D eigenvalue weighted by atomic mass is 32.2. The highest BCUT2D eigenvalue weighted by molar-refractivity contribution is 7.89. The van der Waals surface area contributed by atoms with E-state index in [2.05, 4.69) is 0 Å². The number of nitrogens with two attached hydrogens (primary N) is 1. The quantitative estimate of drug-likeness (QED) is 0.881. The van der Waals surface area contributed by atoms with Crippen molar-refractivity contribution in [2.24, 2.45) is 5.73 Å². The van der Waals surface area contributed by atoms with Gasteiger partial charge in [0.2, 0.25) is 10.0 Å². The van der Waals surface area contributed by atoms with Crippen LogP contribution < -0.4 is 5.73 Å². The second-order valence-electron chi connectivity index (χ2n) is 4.68. The molecule has 1 saturated heterocycles. The highest BCUT2D eigenvalue weighted by Gasteiger charge is 2.30. The van der Waals surface area contributed by atoms with Crippen LogP contribution in [0.3, 0.4) is 0 Å². The van der Waals surface area contributed by atoms with Crippen LogP contribution in [0.4, 0.5) is 4.39 Å². The second-order valence-corrected chi connectivity index (χ2v) is 6.58. The Hall–Kier alpha value is -0.980. The zero-order chi connectivity index (χ0) is 13.3. The SMILES string of the molecule is Cc1ccc(F)cc1S(=O)(=O)N1CCCC(N)C1. The summed E-state index contributed by atoms with van der Waals surface area (Å²) >= 11 is 0. The van der Waals surface area contributed by atoms with Crippen LogP contribution in [0.5, 0.6) is 0 Å². The first kappa shape index (κ1) is 13.5. The number of sulfonamides is 1. The van der Waals surface area contributed by atoms with Crippen molar-refractivity contribution in [1.29, 1.82) is 0 Å². The third-order valence-electron chi connectivity index (χ3n) is 3.19. The van der Waals surface area contributed by atoms with Crippen LogP contribution in [0.25, 0.3) is 0 Å². The molecule has 1 unspecified atom stereocenters. The van der Waals surface area contributed by atoms with Crippen molar-refractivity contribution in [2.75, 3.05) is 13.1 Å². The highest BCUT2D eigenvalue weighted by Crippen LogP contribution is 2.23. The van der Waals surface area contributed by atoms with E-state index in [1.165, 1.54) is 16.4 Å². The van der Waals surface area contributed by atoms with Crippen LogP contribution in [0.1, 0.15) is 18.4 Å². The van der Waals surface area contributed by atoms with E-state index >= 15 is 0 Å². The molecule has 1 aliphatic heterocycles. The second kappa shape index (κ2) is 4.95. The molecule has 2 N–H and O–H groups in total. The van der Waals surface area contributed by atoms with Crippen molar-refractivity contribution in [3.63, 3.8) is 0 Å². The van der Waals surface area contributed by atoms with Gasteiger partial charge in [-0.1, -0.05) is 6.07 Å². The molecule has 1 aromatic carbocycles. The minimum atomic E-state index is -3.63. The zero-order valence-electron chi connectivity index (χ0n) is 10.3. The lowest BCUT2D eigenvalue weighted by Crippen LogP contribution is -2.45. The predicted octanol–water partition coefficient (Wildman–Crippen LogP) is 1.25. The molecule has 0 amide bonds. The summed E-state index contributed by atoms with van der Waals surface area (Å²) in [5.41, 5.74) is 6.34. The Balaban J connectivity index is 2.38. The first-order chi connectivity index (χ1) is 8.41. The van der Waals surface area contributed by atoms with Crippen LogP contribution in [0.2, 0.25) is 0 Å². The molecule has 2 rings (SSSR count). The largest absolute Gasteiger partial charge is 0.327 e. The van der Waals surface area contributed by atoms with Crippen molar-refractivity contribution in [3.8, 4) is 0 Å². The van der Waals surface area contributed by atoms with E-state index in [9.17, 15) is 12.8 Å². The van der Waals surface area contributed by atoms with E-state index in [1.807, 2.05) is 0 Å². The maximum Gasteiger partial charge on any atom is 0.243 e. The minimum absolute atomic E-state index is 0.0385. The fourth-order valence-electron chi connectivity index (χ4n) is 2.18. The van der Waals surface area contributed by atoms with Crippen LogP contribution in [-0.2, 0) is 10.0 Å². The number of hydrogen-bond acceptors (Lipinski definition) is 3. The van der Waals surface area contributed by atoms with Gasteiger partial charge in [-0.05, 0) is 37.5 Å². The maximum atomic E-state index is 13.2.